The molecule has 1 N–H and O–H groups in total. The lowest BCUT2D eigenvalue weighted by atomic mass is 9.68. The Balaban J connectivity index is 1.75. The number of rotatable bonds is 4. The third-order valence-electron chi connectivity index (χ3n) is 5.89. The molecule has 1 aliphatic carbocycles. The lowest BCUT2D eigenvalue weighted by molar-refractivity contribution is -0.140. The van der Waals surface area contributed by atoms with Crippen molar-refractivity contribution in [1.82, 2.24) is 5.32 Å². The predicted molar refractivity (Wildman–Crippen MR) is 129 cm³/mol. The maximum atomic E-state index is 13.3. The van der Waals surface area contributed by atoms with Gasteiger partial charge in [-0.2, -0.15) is 0 Å². The maximum absolute atomic E-state index is 13.3. The number of benzene rings is 2. The smallest absolute Gasteiger partial charge is 0.337 e. The highest BCUT2D eigenvalue weighted by Crippen LogP contribution is 2.47. The molecular weight excluding hydrogens is 501 g/mol. The summed E-state index contributed by atoms with van der Waals surface area (Å²) in [5.74, 6) is -0.705. The molecule has 1 unspecified atom stereocenters. The van der Waals surface area contributed by atoms with E-state index in [1.165, 1.54) is 0 Å². The fourth-order valence-corrected chi connectivity index (χ4v) is 5.23. The first-order chi connectivity index (χ1) is 14.8. The Morgan fingerprint density at radius 1 is 1.10 bits per heavy atom. The number of hydrogen-bond donors (Lipinski definition) is 1. The summed E-state index contributed by atoms with van der Waals surface area (Å²) in [6.07, 6.45) is 1.25. The Morgan fingerprint density at radius 3 is 2.48 bits per heavy atom. The van der Waals surface area contributed by atoms with Gasteiger partial charge < -0.3 is 10.1 Å². The summed E-state index contributed by atoms with van der Waals surface area (Å²) in [5, 5.41) is 3.39. The van der Waals surface area contributed by atoms with Crippen LogP contribution in [-0.2, 0) is 20.9 Å². The van der Waals surface area contributed by atoms with Gasteiger partial charge in [0.15, 0.2) is 5.78 Å². The van der Waals surface area contributed by atoms with E-state index in [2.05, 4.69) is 41.8 Å². The zero-order valence-corrected chi connectivity index (χ0v) is 20.2. The monoisotopic (exact) mass is 527 g/mol. The van der Waals surface area contributed by atoms with Crippen molar-refractivity contribution >= 4 is 34.3 Å². The Morgan fingerprint density at radius 2 is 1.77 bits per heavy atom. The summed E-state index contributed by atoms with van der Waals surface area (Å²) >= 11 is 2.28. The van der Waals surface area contributed by atoms with Gasteiger partial charge in [-0.05, 0) is 58.5 Å². The fourth-order valence-electron chi connectivity index (χ4n) is 4.53. The number of halogens is 1. The number of ether oxygens (including phenoxy) is 1. The van der Waals surface area contributed by atoms with Crippen LogP contribution >= 0.6 is 22.6 Å². The Kier molecular flexibility index (Phi) is 6.06. The molecule has 31 heavy (non-hydrogen) atoms. The molecule has 4 nitrogen and oxygen atoms in total. The number of esters is 1. The van der Waals surface area contributed by atoms with E-state index < -0.39 is 5.92 Å². The molecule has 0 fully saturated rings. The molecule has 1 atom stereocenters. The molecule has 2 aromatic rings. The molecule has 4 rings (SSSR count). The normalized spacial score (nSPS) is 20.3. The van der Waals surface area contributed by atoms with Crippen LogP contribution in [0.3, 0.4) is 0 Å². The van der Waals surface area contributed by atoms with Gasteiger partial charge in [0.2, 0.25) is 0 Å². The fraction of sp³-hybridized carbons (Fsp3) is 0.308. The van der Waals surface area contributed by atoms with E-state index in [1.54, 1.807) is 0 Å². The van der Waals surface area contributed by atoms with Crippen LogP contribution < -0.4 is 5.32 Å². The number of carbonyl (C=O) groups excluding carboxylic acids is 2. The van der Waals surface area contributed by atoms with Crippen LogP contribution in [0.4, 0.5) is 0 Å². The van der Waals surface area contributed by atoms with Crippen molar-refractivity contribution in [2.24, 2.45) is 5.41 Å². The number of allylic oxidation sites excluding steroid dienone is 3. The Bertz CT molecular complexity index is 1100. The highest BCUT2D eigenvalue weighted by atomic mass is 127. The summed E-state index contributed by atoms with van der Waals surface area (Å²) in [4.78, 5) is 26.6. The van der Waals surface area contributed by atoms with Gasteiger partial charge in [-0.3, -0.25) is 4.79 Å². The third-order valence-corrected chi connectivity index (χ3v) is 6.87. The third kappa shape index (κ3) is 4.47. The van der Waals surface area contributed by atoms with E-state index >= 15 is 0 Å². The second kappa shape index (κ2) is 8.61. The molecule has 160 valence electrons. The molecule has 1 heterocycles. The van der Waals surface area contributed by atoms with Crippen LogP contribution in [0.1, 0.15) is 50.7 Å². The zero-order valence-electron chi connectivity index (χ0n) is 18.0. The predicted octanol–water partition coefficient (Wildman–Crippen LogP) is 5.64. The number of dihydropyridines is 1. The number of Topliss-reactive ketones (excluding diaryl/α,β-unsaturated/α-hetero) is 1. The summed E-state index contributed by atoms with van der Waals surface area (Å²) in [7, 11) is 0. The quantitative estimate of drug-likeness (QED) is 0.413. The van der Waals surface area contributed by atoms with Crippen LogP contribution in [-0.4, -0.2) is 11.8 Å². The van der Waals surface area contributed by atoms with Crippen LogP contribution in [0, 0.1) is 8.99 Å². The van der Waals surface area contributed by atoms with E-state index in [0.29, 0.717) is 17.6 Å². The maximum Gasteiger partial charge on any atom is 0.337 e. The topological polar surface area (TPSA) is 55.4 Å². The first-order valence-electron chi connectivity index (χ1n) is 10.5. The molecular formula is C26H26INO3. The first kappa shape index (κ1) is 21.8. The summed E-state index contributed by atoms with van der Waals surface area (Å²) < 4.78 is 6.74. The van der Waals surface area contributed by atoms with E-state index in [4.69, 9.17) is 4.74 Å². The van der Waals surface area contributed by atoms with Crippen LogP contribution in [0.2, 0.25) is 0 Å². The number of hydrogen-bond acceptors (Lipinski definition) is 4. The molecule has 2 aromatic carbocycles. The van der Waals surface area contributed by atoms with Gasteiger partial charge in [0.1, 0.15) is 6.61 Å². The van der Waals surface area contributed by atoms with E-state index in [-0.39, 0.29) is 23.8 Å². The van der Waals surface area contributed by atoms with Crippen molar-refractivity contribution in [1.29, 1.82) is 0 Å². The minimum absolute atomic E-state index is 0.101. The Labute approximate surface area is 196 Å². The number of carbonyl (C=O) groups is 2. The average molecular weight is 527 g/mol. The molecule has 0 amide bonds. The summed E-state index contributed by atoms with van der Waals surface area (Å²) in [5.41, 5.74) is 4.71. The highest BCUT2D eigenvalue weighted by molar-refractivity contribution is 14.1. The lowest BCUT2D eigenvalue weighted by Gasteiger charge is -2.39. The van der Waals surface area contributed by atoms with Crippen LogP contribution in [0.5, 0.6) is 0 Å². The van der Waals surface area contributed by atoms with Crippen molar-refractivity contribution in [3.8, 4) is 0 Å². The zero-order chi connectivity index (χ0) is 22.2. The van der Waals surface area contributed by atoms with Gasteiger partial charge in [-0.25, -0.2) is 4.79 Å². The van der Waals surface area contributed by atoms with Crippen molar-refractivity contribution in [2.75, 3.05) is 0 Å². The average Bonchev–Trinajstić information content (AvgIpc) is 2.71. The van der Waals surface area contributed by atoms with Gasteiger partial charge in [-0.1, -0.05) is 62.4 Å². The van der Waals surface area contributed by atoms with Gasteiger partial charge >= 0.3 is 5.97 Å². The molecule has 0 spiro atoms. The molecule has 0 saturated heterocycles. The van der Waals surface area contributed by atoms with Crippen molar-refractivity contribution in [3.05, 3.63) is 91.8 Å². The van der Waals surface area contributed by atoms with Crippen LogP contribution in [0.25, 0.3) is 0 Å². The van der Waals surface area contributed by atoms with E-state index in [0.717, 1.165) is 32.5 Å². The second-order valence-corrected chi connectivity index (χ2v) is 10.2. The minimum Gasteiger partial charge on any atom is -0.457 e. The molecule has 0 bridgehead atoms. The molecule has 5 heteroatoms. The highest BCUT2D eigenvalue weighted by Gasteiger charge is 2.43. The van der Waals surface area contributed by atoms with Crippen molar-refractivity contribution in [2.45, 2.75) is 46.1 Å². The van der Waals surface area contributed by atoms with Gasteiger partial charge in [0, 0.05) is 32.9 Å². The van der Waals surface area contributed by atoms with Gasteiger partial charge in [0.25, 0.3) is 0 Å². The SMILES string of the molecule is CC1=C(C(=O)OCc2ccccc2)C(c2ccccc2I)C2=C(CC(C)(C)CC2=O)N1. The molecule has 2 aliphatic rings. The minimum atomic E-state index is -0.420. The van der Waals surface area contributed by atoms with Crippen LogP contribution in [0.15, 0.2) is 77.1 Å². The number of nitrogens with one attached hydrogen (secondary N) is 1. The largest absolute Gasteiger partial charge is 0.457 e. The first-order valence-corrected chi connectivity index (χ1v) is 11.5. The summed E-state index contributed by atoms with van der Waals surface area (Å²) in [6.45, 7) is 6.32. The second-order valence-electron chi connectivity index (χ2n) is 9.01. The molecule has 0 radical (unpaired) electrons. The standard InChI is InChI=1S/C26H26INO3/c1-16-22(25(30)31-15-17-9-5-4-6-10-17)23(18-11-7-8-12-19(18)27)24-20(28-16)13-26(2,3)14-21(24)29/h4-12,23,28H,13-15H2,1-3H3. The Hall–Kier alpha value is -2.41. The molecule has 0 aromatic heterocycles. The molecule has 0 saturated carbocycles. The van der Waals surface area contributed by atoms with Crippen molar-refractivity contribution < 1.29 is 14.3 Å². The van der Waals surface area contributed by atoms with Gasteiger partial charge in [0.05, 0.1) is 5.57 Å². The van der Waals surface area contributed by atoms with Crippen molar-refractivity contribution in [3.63, 3.8) is 0 Å². The lowest BCUT2D eigenvalue weighted by Crippen LogP contribution is -2.38. The van der Waals surface area contributed by atoms with E-state index in [9.17, 15) is 9.59 Å². The van der Waals surface area contributed by atoms with Gasteiger partial charge in [-0.15, -0.1) is 0 Å². The summed E-state index contributed by atoms with van der Waals surface area (Å²) in [6, 6.07) is 17.6. The number of ketones is 1. The van der Waals surface area contributed by atoms with E-state index in [1.807, 2.05) is 61.5 Å². The molecule has 1 aliphatic heterocycles.